The minimum Gasteiger partial charge on any atom is -0.481 e. The van der Waals surface area contributed by atoms with Crippen molar-refractivity contribution in [2.75, 3.05) is 0 Å². The third-order valence-electron chi connectivity index (χ3n) is 6.62. The van der Waals surface area contributed by atoms with Crippen LogP contribution in [-0.4, -0.2) is 33.3 Å². The summed E-state index contributed by atoms with van der Waals surface area (Å²) in [5.74, 6) is -0.139. The molecule has 36 heavy (non-hydrogen) atoms. The van der Waals surface area contributed by atoms with Gasteiger partial charge in [-0.25, -0.2) is 15.0 Å². The van der Waals surface area contributed by atoms with Crippen molar-refractivity contribution in [3.05, 3.63) is 46.2 Å². The summed E-state index contributed by atoms with van der Waals surface area (Å²) in [6, 6.07) is 0. The summed E-state index contributed by atoms with van der Waals surface area (Å²) in [5, 5.41) is 13.3. The second-order valence-electron chi connectivity index (χ2n) is 10.1. The van der Waals surface area contributed by atoms with Gasteiger partial charge in [0.15, 0.2) is 0 Å². The number of hydrogen-bond donors (Lipinski definition) is 3. The van der Waals surface area contributed by atoms with Gasteiger partial charge in [-0.1, -0.05) is 39.8 Å². The molecule has 1 aliphatic rings. The summed E-state index contributed by atoms with van der Waals surface area (Å²) >= 11 is 2.25. The molecule has 0 radical (unpaired) electrons. The lowest BCUT2D eigenvalue weighted by atomic mass is 9.74. The molecule has 0 aromatic carbocycles. The molecule has 7 nitrogen and oxygen atoms in total. The monoisotopic (exact) mass is 532 g/mol. The number of aliphatic carboxylic acids is 1. The highest BCUT2D eigenvalue weighted by molar-refractivity contribution is 7.94. The lowest BCUT2D eigenvalue weighted by molar-refractivity contribution is -0.146. The first-order valence-electron chi connectivity index (χ1n) is 12.4. The average molecular weight is 533 g/mol. The second-order valence-corrected chi connectivity index (χ2v) is 11.9. The first-order valence-corrected chi connectivity index (χ1v) is 14.0. The molecule has 0 aliphatic heterocycles. The summed E-state index contributed by atoms with van der Waals surface area (Å²) in [6.45, 7) is 17.3. The molecule has 0 unspecified atom stereocenters. The maximum Gasteiger partial charge on any atom is 0.307 e. The first kappa shape index (κ1) is 30.0. The Labute approximate surface area is 223 Å². The summed E-state index contributed by atoms with van der Waals surface area (Å²) in [4.78, 5) is 26.0. The van der Waals surface area contributed by atoms with E-state index in [1.165, 1.54) is 24.2 Å². The quantitative estimate of drug-likeness (QED) is 0.0987. The van der Waals surface area contributed by atoms with E-state index in [9.17, 15) is 14.5 Å². The minimum absolute atomic E-state index is 0.273. The van der Waals surface area contributed by atoms with Gasteiger partial charge in [0.2, 0.25) is 5.96 Å². The van der Waals surface area contributed by atoms with E-state index >= 15 is 0 Å². The van der Waals surface area contributed by atoms with E-state index in [1.54, 1.807) is 6.20 Å². The highest BCUT2D eigenvalue weighted by Gasteiger charge is 2.34. The SMILES string of the molecule is C=NC(=NC(=C/CC1CC1)/C=C(\C)c1cnc([C@H](CC[C@H](C(=O)O)C(C)(C)CC)SO)s1)NC(=C)C. The van der Waals surface area contributed by atoms with Crippen molar-refractivity contribution in [1.82, 2.24) is 10.3 Å². The first-order chi connectivity index (χ1) is 17.0. The zero-order valence-electron chi connectivity index (χ0n) is 22.1. The highest BCUT2D eigenvalue weighted by atomic mass is 32.2. The van der Waals surface area contributed by atoms with E-state index in [0.29, 0.717) is 18.8 Å². The van der Waals surface area contributed by atoms with Crippen molar-refractivity contribution >= 4 is 47.6 Å². The van der Waals surface area contributed by atoms with Crippen LogP contribution in [0.5, 0.6) is 0 Å². The van der Waals surface area contributed by atoms with Gasteiger partial charge in [0.1, 0.15) is 5.01 Å². The number of nitrogens with one attached hydrogen (secondary N) is 1. The van der Waals surface area contributed by atoms with Gasteiger partial charge >= 0.3 is 5.97 Å². The molecule has 2 rings (SSSR count). The fourth-order valence-electron chi connectivity index (χ4n) is 3.74. The number of aromatic nitrogens is 1. The topological polar surface area (TPSA) is 107 Å². The number of guanidine groups is 1. The van der Waals surface area contributed by atoms with Crippen molar-refractivity contribution in [1.29, 1.82) is 0 Å². The number of aliphatic imine (C=N–C) groups is 2. The van der Waals surface area contributed by atoms with Crippen LogP contribution in [0.25, 0.3) is 5.57 Å². The van der Waals surface area contributed by atoms with E-state index < -0.39 is 11.9 Å². The van der Waals surface area contributed by atoms with Crippen LogP contribution in [0.4, 0.5) is 0 Å². The molecular weight excluding hydrogens is 492 g/mol. The smallest absolute Gasteiger partial charge is 0.307 e. The Balaban J connectivity index is 2.22. The molecule has 1 heterocycles. The lowest BCUT2D eigenvalue weighted by Gasteiger charge is -2.30. The Bertz CT molecular complexity index is 1020. The molecule has 1 aliphatic carbocycles. The number of allylic oxidation sites excluding steroid dienone is 4. The van der Waals surface area contributed by atoms with Gasteiger partial charge < -0.3 is 15.0 Å². The summed E-state index contributed by atoms with van der Waals surface area (Å²) in [7, 11) is 0. The largest absolute Gasteiger partial charge is 0.481 e. The van der Waals surface area contributed by atoms with Crippen LogP contribution < -0.4 is 5.32 Å². The molecule has 0 amide bonds. The number of carbonyl (C=O) groups is 1. The van der Waals surface area contributed by atoms with Gasteiger partial charge in [-0.05, 0) is 87.7 Å². The van der Waals surface area contributed by atoms with Gasteiger partial charge in [-0.3, -0.25) is 4.79 Å². The van der Waals surface area contributed by atoms with E-state index in [4.69, 9.17) is 0 Å². The number of rotatable bonds is 14. The van der Waals surface area contributed by atoms with E-state index in [1.807, 2.05) is 40.7 Å². The van der Waals surface area contributed by atoms with Crippen LogP contribution in [0, 0.1) is 17.3 Å². The van der Waals surface area contributed by atoms with Gasteiger partial charge in [-0.15, -0.1) is 11.3 Å². The molecule has 1 fully saturated rings. The molecule has 2 atom stereocenters. The maximum atomic E-state index is 11.9. The zero-order chi connectivity index (χ0) is 26.9. The maximum absolute atomic E-state index is 11.9. The zero-order valence-corrected chi connectivity index (χ0v) is 23.7. The number of thiazole rings is 1. The number of carboxylic acids is 1. The van der Waals surface area contributed by atoms with Crippen LogP contribution >= 0.6 is 23.4 Å². The van der Waals surface area contributed by atoms with E-state index in [0.717, 1.165) is 57.7 Å². The molecule has 0 saturated heterocycles. The molecule has 0 bridgehead atoms. The van der Waals surface area contributed by atoms with E-state index in [-0.39, 0.29) is 10.7 Å². The Morgan fingerprint density at radius 1 is 1.39 bits per heavy atom. The van der Waals surface area contributed by atoms with Crippen LogP contribution in [0.2, 0.25) is 0 Å². The number of hydrogen-bond acceptors (Lipinski definition) is 6. The Morgan fingerprint density at radius 2 is 2.08 bits per heavy atom. The van der Waals surface area contributed by atoms with Crippen molar-refractivity contribution < 1.29 is 14.5 Å². The van der Waals surface area contributed by atoms with Gasteiger partial charge in [0.05, 0.1) is 21.7 Å². The molecule has 1 aromatic rings. The van der Waals surface area contributed by atoms with Crippen molar-refractivity contribution in [3.8, 4) is 0 Å². The standard InChI is InChI=1S/C27H40N4O3S2/c1-8-27(5,6)21(25(32)33)13-14-22(36-34)24-29-16-23(35-24)18(4)15-20(12-11-19-9-10-19)31-26(28-7)30-17(2)3/h12,15-16,19,21-22,34H,2,7-11,13-14H2,1,3-6H3,(H,30,31)(H,32,33)/b18-15+,20-12+/t21-,22+/m1/s1. The van der Waals surface area contributed by atoms with Crippen molar-refractivity contribution in [2.45, 2.75) is 78.4 Å². The highest BCUT2D eigenvalue weighted by Crippen LogP contribution is 2.40. The molecule has 1 aromatic heterocycles. The normalized spacial score (nSPS) is 17.0. The lowest BCUT2D eigenvalue weighted by Crippen LogP contribution is -2.30. The molecule has 1 saturated carbocycles. The predicted molar refractivity (Wildman–Crippen MR) is 154 cm³/mol. The number of nitrogens with zero attached hydrogens (tertiary/aromatic N) is 3. The number of carboxylic acid groups (broad SMARTS) is 1. The Kier molecular flexibility index (Phi) is 11.6. The fourth-order valence-corrected chi connectivity index (χ4v) is 5.31. The molecule has 9 heteroatoms. The fraction of sp³-hybridized carbons (Fsp3) is 0.556. The predicted octanol–water partition coefficient (Wildman–Crippen LogP) is 7.57. The van der Waals surface area contributed by atoms with Crippen LogP contribution in [0.3, 0.4) is 0 Å². The van der Waals surface area contributed by atoms with Crippen molar-refractivity contribution in [2.24, 2.45) is 27.2 Å². The van der Waals surface area contributed by atoms with Crippen LogP contribution in [0.15, 0.2) is 46.3 Å². The minimum atomic E-state index is -0.789. The third-order valence-corrected chi connectivity index (χ3v) is 8.73. The molecule has 198 valence electrons. The molecule has 3 N–H and O–H groups in total. The summed E-state index contributed by atoms with van der Waals surface area (Å²) < 4.78 is 9.97. The van der Waals surface area contributed by atoms with Crippen molar-refractivity contribution in [3.63, 3.8) is 0 Å². The molecule has 0 spiro atoms. The summed E-state index contributed by atoms with van der Waals surface area (Å²) in [5.41, 5.74) is 2.21. The van der Waals surface area contributed by atoms with Crippen LogP contribution in [0.1, 0.15) is 88.3 Å². The van der Waals surface area contributed by atoms with Gasteiger partial charge in [0, 0.05) is 11.9 Å². The average Bonchev–Trinajstić information content (AvgIpc) is 3.52. The van der Waals surface area contributed by atoms with Crippen LogP contribution in [-0.2, 0) is 4.79 Å². The van der Waals surface area contributed by atoms with Gasteiger partial charge in [-0.2, -0.15) is 0 Å². The second kappa shape index (κ2) is 13.9. The third kappa shape index (κ3) is 9.33. The Morgan fingerprint density at radius 3 is 2.61 bits per heavy atom. The summed E-state index contributed by atoms with van der Waals surface area (Å²) in [6.07, 6.45) is 11.2. The van der Waals surface area contributed by atoms with E-state index in [2.05, 4.69) is 39.7 Å². The Hall–Kier alpha value is -2.23. The molecular formula is C27H40N4O3S2. The van der Waals surface area contributed by atoms with Gasteiger partial charge in [0.25, 0.3) is 0 Å².